The molecule has 160 valence electrons. The quantitative estimate of drug-likeness (QED) is 0.468. The molecule has 0 N–H and O–H groups in total. The zero-order valence-electron chi connectivity index (χ0n) is 18.3. The van der Waals surface area contributed by atoms with E-state index in [0.29, 0.717) is 34.4 Å². The zero-order chi connectivity index (χ0) is 22.4. The second-order valence-corrected chi connectivity index (χ2v) is 8.43. The number of ether oxygens (including phenoxy) is 1. The van der Waals surface area contributed by atoms with Crippen molar-refractivity contribution in [3.8, 4) is 11.1 Å². The molecular formula is C24H23BFN5O. The Balaban J connectivity index is 1.62. The Labute approximate surface area is 187 Å². The predicted molar refractivity (Wildman–Crippen MR) is 121 cm³/mol. The Kier molecular flexibility index (Phi) is 5.25. The molecule has 1 fully saturated rings. The second-order valence-electron chi connectivity index (χ2n) is 8.43. The summed E-state index contributed by atoms with van der Waals surface area (Å²) in [6, 6.07) is 6.69. The van der Waals surface area contributed by atoms with Gasteiger partial charge in [0.15, 0.2) is 5.65 Å². The Morgan fingerprint density at radius 3 is 2.66 bits per heavy atom. The molecule has 8 heteroatoms. The molecule has 2 radical (unpaired) electrons. The van der Waals surface area contributed by atoms with Gasteiger partial charge in [-0.1, -0.05) is 17.6 Å². The summed E-state index contributed by atoms with van der Waals surface area (Å²) in [6.07, 6.45) is 5.37. The maximum Gasteiger partial charge on any atom is 0.179 e. The molecule has 1 aliphatic heterocycles. The number of nitrogens with zero attached hydrogens (tertiary/aromatic N) is 5. The Morgan fingerprint density at radius 1 is 1.09 bits per heavy atom. The normalized spacial score (nSPS) is 18.9. The van der Waals surface area contributed by atoms with Crippen LogP contribution in [-0.4, -0.2) is 39.2 Å². The average molecular weight is 427 g/mol. The van der Waals surface area contributed by atoms with Crippen LogP contribution in [-0.2, 0) is 11.8 Å². The fraction of sp³-hybridized carbons (Fsp3) is 0.333. The monoisotopic (exact) mass is 427 g/mol. The summed E-state index contributed by atoms with van der Waals surface area (Å²) in [4.78, 5) is 14.3. The minimum Gasteiger partial charge on any atom is -0.373 e. The van der Waals surface area contributed by atoms with Gasteiger partial charge < -0.3 is 4.74 Å². The molecular weight excluding hydrogens is 404 g/mol. The van der Waals surface area contributed by atoms with Gasteiger partial charge >= 0.3 is 0 Å². The number of rotatable bonds is 3. The lowest BCUT2D eigenvalue weighted by molar-refractivity contribution is 0.00465. The van der Waals surface area contributed by atoms with Crippen LogP contribution >= 0.6 is 0 Å². The van der Waals surface area contributed by atoms with Crippen molar-refractivity contribution >= 4 is 24.5 Å². The van der Waals surface area contributed by atoms with E-state index in [-0.39, 0.29) is 17.8 Å². The largest absolute Gasteiger partial charge is 0.373 e. The summed E-state index contributed by atoms with van der Waals surface area (Å²) in [6.45, 7) is 4.43. The van der Waals surface area contributed by atoms with Crippen LogP contribution in [0.2, 0.25) is 0 Å². The number of pyridine rings is 1. The third-order valence-corrected chi connectivity index (χ3v) is 6.15. The van der Waals surface area contributed by atoms with Crippen LogP contribution in [0.25, 0.3) is 22.3 Å². The van der Waals surface area contributed by atoms with Gasteiger partial charge in [-0.25, -0.2) is 19.3 Å². The molecule has 0 unspecified atom stereocenters. The summed E-state index contributed by atoms with van der Waals surface area (Å²) in [7, 11) is 7.67. The van der Waals surface area contributed by atoms with Crippen molar-refractivity contribution in [1.29, 1.82) is 0 Å². The standard InChI is InChI=1S/C24H23BFN5O/c1-13-14(2)29-24-23(28-13)19(18-5-4-17(25)9-20(18)26)10-21(30-24)15-6-7-32-22(8-15)16-11-27-31(3)12-16/h4-5,9-12,15,22H,6-8H2,1-3H3/t15-,22+/m1/s1. The van der Waals surface area contributed by atoms with E-state index in [0.717, 1.165) is 35.5 Å². The van der Waals surface area contributed by atoms with Crippen LogP contribution in [0, 0.1) is 19.7 Å². The van der Waals surface area contributed by atoms with E-state index in [2.05, 4.69) is 10.1 Å². The summed E-state index contributed by atoms with van der Waals surface area (Å²) >= 11 is 0. The van der Waals surface area contributed by atoms with Crippen LogP contribution in [0.5, 0.6) is 0 Å². The molecule has 4 aromatic rings. The number of aryl methyl sites for hydroxylation is 3. The third kappa shape index (κ3) is 3.79. The van der Waals surface area contributed by atoms with Crippen LogP contribution in [0.1, 0.15) is 47.5 Å². The van der Waals surface area contributed by atoms with E-state index < -0.39 is 0 Å². The molecule has 0 aliphatic carbocycles. The van der Waals surface area contributed by atoms with E-state index in [4.69, 9.17) is 22.6 Å². The van der Waals surface area contributed by atoms with E-state index in [1.807, 2.05) is 39.4 Å². The van der Waals surface area contributed by atoms with Gasteiger partial charge in [-0.3, -0.25) is 4.68 Å². The molecule has 5 rings (SSSR count). The number of benzene rings is 1. The van der Waals surface area contributed by atoms with Crippen molar-refractivity contribution in [2.75, 3.05) is 6.61 Å². The maximum absolute atomic E-state index is 14.9. The Morgan fingerprint density at radius 2 is 1.91 bits per heavy atom. The lowest BCUT2D eigenvalue weighted by atomic mass is 9.88. The summed E-state index contributed by atoms with van der Waals surface area (Å²) in [5, 5.41) is 4.27. The van der Waals surface area contributed by atoms with Crippen molar-refractivity contribution < 1.29 is 9.13 Å². The fourth-order valence-corrected chi connectivity index (χ4v) is 4.29. The van der Waals surface area contributed by atoms with Gasteiger partial charge in [-0.15, -0.1) is 0 Å². The SMILES string of the molecule is [B]c1ccc(-c2cc([C@@H]3CCO[C@H](c4cnn(C)c4)C3)nc3nc(C)c(C)nc23)c(F)c1. The lowest BCUT2D eigenvalue weighted by Gasteiger charge is -2.29. The van der Waals surface area contributed by atoms with E-state index >= 15 is 0 Å². The second kappa shape index (κ2) is 8.09. The summed E-state index contributed by atoms with van der Waals surface area (Å²) in [5.41, 5.74) is 6.17. The first kappa shape index (κ1) is 20.8. The third-order valence-electron chi connectivity index (χ3n) is 6.15. The van der Waals surface area contributed by atoms with Gasteiger partial charge in [0.25, 0.3) is 0 Å². The van der Waals surface area contributed by atoms with Gasteiger partial charge in [-0.05, 0) is 38.8 Å². The van der Waals surface area contributed by atoms with Gasteiger partial charge in [0.05, 0.1) is 23.7 Å². The minimum atomic E-state index is -0.385. The number of fused-ring (bicyclic) bond motifs is 1. The highest BCUT2D eigenvalue weighted by Crippen LogP contribution is 2.39. The summed E-state index contributed by atoms with van der Waals surface area (Å²) < 4.78 is 22.7. The van der Waals surface area contributed by atoms with E-state index in [1.165, 1.54) is 6.07 Å². The highest BCUT2D eigenvalue weighted by molar-refractivity contribution is 6.32. The highest BCUT2D eigenvalue weighted by atomic mass is 19.1. The lowest BCUT2D eigenvalue weighted by Crippen LogP contribution is -2.19. The Bertz CT molecular complexity index is 1320. The number of hydrogen-bond donors (Lipinski definition) is 0. The first-order valence-corrected chi connectivity index (χ1v) is 10.7. The maximum atomic E-state index is 14.9. The predicted octanol–water partition coefficient (Wildman–Crippen LogP) is 3.61. The summed E-state index contributed by atoms with van der Waals surface area (Å²) in [5.74, 6) is -0.235. The molecule has 0 amide bonds. The topological polar surface area (TPSA) is 65.7 Å². The molecule has 1 saturated heterocycles. The molecule has 3 aromatic heterocycles. The van der Waals surface area contributed by atoms with E-state index in [1.54, 1.807) is 16.8 Å². The molecule has 4 heterocycles. The smallest absolute Gasteiger partial charge is 0.179 e. The first-order valence-electron chi connectivity index (χ1n) is 10.7. The number of aromatic nitrogens is 5. The zero-order valence-corrected chi connectivity index (χ0v) is 18.3. The van der Waals surface area contributed by atoms with Crippen molar-refractivity contribution in [3.63, 3.8) is 0 Å². The van der Waals surface area contributed by atoms with Crippen LogP contribution in [0.4, 0.5) is 4.39 Å². The van der Waals surface area contributed by atoms with Crippen LogP contribution < -0.4 is 5.46 Å². The fourth-order valence-electron chi connectivity index (χ4n) is 4.29. The first-order chi connectivity index (χ1) is 15.4. The molecule has 2 atom stereocenters. The molecule has 1 aromatic carbocycles. The number of halogens is 1. The molecule has 0 bridgehead atoms. The molecule has 0 saturated carbocycles. The highest BCUT2D eigenvalue weighted by Gasteiger charge is 2.28. The van der Waals surface area contributed by atoms with Crippen LogP contribution in [0.15, 0.2) is 36.7 Å². The van der Waals surface area contributed by atoms with Crippen molar-refractivity contribution in [3.05, 3.63) is 65.1 Å². The minimum absolute atomic E-state index is 0.0532. The average Bonchev–Trinajstić information content (AvgIpc) is 3.21. The van der Waals surface area contributed by atoms with Gasteiger partial charge in [0.2, 0.25) is 0 Å². The van der Waals surface area contributed by atoms with Gasteiger partial charge in [0.1, 0.15) is 19.2 Å². The molecule has 6 nitrogen and oxygen atoms in total. The van der Waals surface area contributed by atoms with Gasteiger partial charge in [-0.2, -0.15) is 5.10 Å². The van der Waals surface area contributed by atoms with Crippen molar-refractivity contribution in [2.45, 2.75) is 38.7 Å². The molecule has 0 spiro atoms. The van der Waals surface area contributed by atoms with Crippen molar-refractivity contribution in [2.24, 2.45) is 7.05 Å². The molecule has 1 aliphatic rings. The van der Waals surface area contributed by atoms with Gasteiger partial charge in [0, 0.05) is 48.2 Å². The number of hydrogen-bond acceptors (Lipinski definition) is 5. The van der Waals surface area contributed by atoms with Crippen molar-refractivity contribution in [1.82, 2.24) is 24.7 Å². The van der Waals surface area contributed by atoms with E-state index in [9.17, 15) is 4.39 Å². The Hall–Kier alpha value is -3.13. The molecule has 32 heavy (non-hydrogen) atoms. The van der Waals surface area contributed by atoms with Crippen LogP contribution in [0.3, 0.4) is 0 Å².